The second kappa shape index (κ2) is 4.26. The summed E-state index contributed by atoms with van der Waals surface area (Å²) in [5.41, 5.74) is -1.07. The first-order chi connectivity index (χ1) is 8.64. The van der Waals surface area contributed by atoms with E-state index in [4.69, 9.17) is 9.47 Å². The second-order valence-corrected chi connectivity index (χ2v) is 4.97. The summed E-state index contributed by atoms with van der Waals surface area (Å²) in [5.74, 6) is -1.01. The number of aliphatic hydroxyl groups is 1. The zero-order valence-electron chi connectivity index (χ0n) is 10.1. The summed E-state index contributed by atoms with van der Waals surface area (Å²) < 4.78 is 24.9. The molecule has 3 rings (SSSR count). The van der Waals surface area contributed by atoms with Crippen LogP contribution in [0, 0.1) is 5.82 Å². The van der Waals surface area contributed by atoms with E-state index < -0.39 is 17.2 Å². The van der Waals surface area contributed by atoms with Gasteiger partial charge in [-0.25, -0.2) is 4.39 Å². The number of hydrogen-bond acceptors (Lipinski definition) is 4. The third kappa shape index (κ3) is 1.92. The molecule has 0 atom stereocenters. The van der Waals surface area contributed by atoms with Crippen molar-refractivity contribution in [1.29, 1.82) is 0 Å². The average molecular weight is 253 g/mol. The van der Waals surface area contributed by atoms with Crippen LogP contribution >= 0.6 is 0 Å². The van der Waals surface area contributed by atoms with Crippen LogP contribution in [0.15, 0.2) is 18.3 Å². The smallest absolute Gasteiger partial charge is 0.168 e. The van der Waals surface area contributed by atoms with Crippen LogP contribution in [0.1, 0.15) is 31.4 Å². The van der Waals surface area contributed by atoms with Crippen LogP contribution < -0.4 is 0 Å². The van der Waals surface area contributed by atoms with Crippen molar-refractivity contribution in [2.45, 2.75) is 37.1 Å². The van der Waals surface area contributed by atoms with E-state index in [1.54, 1.807) is 0 Å². The van der Waals surface area contributed by atoms with Crippen LogP contribution in [0.25, 0.3) is 0 Å². The lowest BCUT2D eigenvalue weighted by atomic mass is 9.79. The average Bonchev–Trinajstić information content (AvgIpc) is 2.83. The summed E-state index contributed by atoms with van der Waals surface area (Å²) in [4.78, 5) is 3.98. The standard InChI is InChI=1S/C13H16FNO3/c14-10-2-1-7-15-11(10)12(16)3-5-13(6-4-12)17-8-9-18-13/h1-2,7,16H,3-6,8-9H2. The number of rotatable bonds is 1. The third-order valence-corrected chi connectivity index (χ3v) is 3.85. The molecule has 1 N–H and O–H groups in total. The quantitative estimate of drug-likeness (QED) is 0.828. The van der Waals surface area contributed by atoms with Gasteiger partial charge in [-0.05, 0) is 25.0 Å². The summed E-state index contributed by atoms with van der Waals surface area (Å²) in [6.45, 7) is 1.19. The molecule has 1 saturated heterocycles. The van der Waals surface area contributed by atoms with Crippen molar-refractivity contribution in [3.05, 3.63) is 29.8 Å². The lowest BCUT2D eigenvalue weighted by molar-refractivity contribution is -0.205. The van der Waals surface area contributed by atoms with Gasteiger partial charge in [0, 0.05) is 19.0 Å². The molecule has 2 aliphatic rings. The number of halogens is 1. The Hall–Kier alpha value is -1.04. The van der Waals surface area contributed by atoms with Crippen LogP contribution in [0.5, 0.6) is 0 Å². The molecule has 1 aromatic rings. The van der Waals surface area contributed by atoms with Crippen molar-refractivity contribution in [2.75, 3.05) is 13.2 Å². The molecule has 4 nitrogen and oxygen atoms in total. The van der Waals surface area contributed by atoms with E-state index in [0.29, 0.717) is 38.9 Å². The first-order valence-electron chi connectivity index (χ1n) is 6.25. The molecule has 1 aromatic heterocycles. The largest absolute Gasteiger partial charge is 0.383 e. The normalized spacial score (nSPS) is 25.4. The molecule has 0 amide bonds. The van der Waals surface area contributed by atoms with Crippen LogP contribution in [0.4, 0.5) is 4.39 Å². The van der Waals surface area contributed by atoms with E-state index in [1.807, 2.05) is 0 Å². The fraction of sp³-hybridized carbons (Fsp3) is 0.615. The highest BCUT2D eigenvalue weighted by Crippen LogP contribution is 2.44. The third-order valence-electron chi connectivity index (χ3n) is 3.85. The second-order valence-electron chi connectivity index (χ2n) is 4.97. The van der Waals surface area contributed by atoms with Gasteiger partial charge < -0.3 is 14.6 Å². The number of ether oxygens (including phenoxy) is 2. The highest BCUT2D eigenvalue weighted by molar-refractivity contribution is 5.17. The van der Waals surface area contributed by atoms with Crippen LogP contribution in [-0.4, -0.2) is 29.1 Å². The van der Waals surface area contributed by atoms with Crippen molar-refractivity contribution >= 4 is 0 Å². The van der Waals surface area contributed by atoms with Crippen molar-refractivity contribution in [3.63, 3.8) is 0 Å². The number of pyridine rings is 1. The molecule has 18 heavy (non-hydrogen) atoms. The monoisotopic (exact) mass is 253 g/mol. The lowest BCUT2D eigenvalue weighted by Gasteiger charge is -2.40. The zero-order valence-corrected chi connectivity index (χ0v) is 10.1. The molecule has 0 radical (unpaired) electrons. The predicted molar refractivity (Wildman–Crippen MR) is 61.2 cm³/mol. The molecule has 2 fully saturated rings. The minimum Gasteiger partial charge on any atom is -0.383 e. The molecule has 5 heteroatoms. The van der Waals surface area contributed by atoms with E-state index in [0.717, 1.165) is 0 Å². The molecule has 1 saturated carbocycles. The summed E-state index contributed by atoms with van der Waals surface area (Å²) >= 11 is 0. The van der Waals surface area contributed by atoms with Crippen molar-refractivity contribution in [3.8, 4) is 0 Å². The van der Waals surface area contributed by atoms with Crippen molar-refractivity contribution < 1.29 is 19.0 Å². The van der Waals surface area contributed by atoms with Gasteiger partial charge in [0.2, 0.25) is 0 Å². The van der Waals surface area contributed by atoms with Gasteiger partial charge in [-0.2, -0.15) is 0 Å². The first-order valence-corrected chi connectivity index (χ1v) is 6.25. The van der Waals surface area contributed by atoms with Crippen LogP contribution in [0.2, 0.25) is 0 Å². The predicted octanol–water partition coefficient (Wildman–Crippen LogP) is 1.73. The van der Waals surface area contributed by atoms with Gasteiger partial charge in [-0.3, -0.25) is 4.98 Å². The Kier molecular flexibility index (Phi) is 2.84. The fourth-order valence-electron chi connectivity index (χ4n) is 2.80. The van der Waals surface area contributed by atoms with Gasteiger partial charge in [-0.15, -0.1) is 0 Å². The number of hydrogen-bond donors (Lipinski definition) is 1. The molecule has 1 aliphatic heterocycles. The Balaban J connectivity index is 1.80. The topological polar surface area (TPSA) is 51.6 Å². The van der Waals surface area contributed by atoms with Gasteiger partial charge in [-0.1, -0.05) is 0 Å². The minimum atomic E-state index is -1.20. The van der Waals surface area contributed by atoms with Crippen molar-refractivity contribution in [1.82, 2.24) is 4.98 Å². The molecule has 1 spiro atoms. The highest BCUT2D eigenvalue weighted by Gasteiger charge is 2.47. The maximum atomic E-state index is 13.7. The highest BCUT2D eigenvalue weighted by atomic mass is 19.1. The molecule has 2 heterocycles. The Bertz CT molecular complexity index is 436. The number of aromatic nitrogens is 1. The summed E-state index contributed by atoms with van der Waals surface area (Å²) in [6, 6.07) is 2.85. The molecule has 1 aliphatic carbocycles. The Labute approximate surface area is 105 Å². The van der Waals surface area contributed by atoms with E-state index in [-0.39, 0.29) is 5.69 Å². The molecule has 0 aromatic carbocycles. The van der Waals surface area contributed by atoms with Crippen molar-refractivity contribution in [2.24, 2.45) is 0 Å². The Morgan fingerprint density at radius 1 is 1.17 bits per heavy atom. The Morgan fingerprint density at radius 3 is 2.44 bits per heavy atom. The molecule has 98 valence electrons. The van der Waals surface area contributed by atoms with Gasteiger partial charge in [0.15, 0.2) is 5.79 Å². The minimum absolute atomic E-state index is 0.137. The van der Waals surface area contributed by atoms with E-state index in [1.165, 1.54) is 18.3 Å². The van der Waals surface area contributed by atoms with Gasteiger partial charge >= 0.3 is 0 Å². The molecule has 0 bridgehead atoms. The fourth-order valence-corrected chi connectivity index (χ4v) is 2.80. The maximum absolute atomic E-state index is 13.7. The SMILES string of the molecule is OC1(c2ncccc2F)CCC2(CC1)OCCO2. The van der Waals surface area contributed by atoms with E-state index in [9.17, 15) is 9.50 Å². The lowest BCUT2D eigenvalue weighted by Crippen LogP contribution is -2.42. The summed E-state index contributed by atoms with van der Waals surface area (Å²) in [7, 11) is 0. The Morgan fingerprint density at radius 2 is 1.83 bits per heavy atom. The zero-order chi connectivity index (χ0) is 12.6. The first kappa shape index (κ1) is 12.0. The van der Waals surface area contributed by atoms with Crippen LogP contribution in [-0.2, 0) is 15.1 Å². The summed E-state index contributed by atoms with van der Waals surface area (Å²) in [5, 5.41) is 10.6. The maximum Gasteiger partial charge on any atom is 0.168 e. The van der Waals surface area contributed by atoms with Gasteiger partial charge in [0.25, 0.3) is 0 Å². The van der Waals surface area contributed by atoms with Gasteiger partial charge in [0.05, 0.1) is 13.2 Å². The van der Waals surface area contributed by atoms with Crippen LogP contribution in [0.3, 0.4) is 0 Å². The van der Waals surface area contributed by atoms with E-state index in [2.05, 4.69) is 4.98 Å². The van der Waals surface area contributed by atoms with E-state index >= 15 is 0 Å². The molecular formula is C13H16FNO3. The number of nitrogens with zero attached hydrogens (tertiary/aromatic N) is 1. The van der Waals surface area contributed by atoms with Gasteiger partial charge in [0.1, 0.15) is 17.1 Å². The molecule has 0 unspecified atom stereocenters. The summed E-state index contributed by atoms with van der Waals surface area (Å²) in [6.07, 6.45) is 3.45. The molecular weight excluding hydrogens is 237 g/mol.